The topological polar surface area (TPSA) is 58.4 Å². The minimum atomic E-state index is 0.0525. The van der Waals surface area contributed by atoms with Gasteiger partial charge >= 0.3 is 0 Å². The molecule has 3 N–H and O–H groups in total. The lowest BCUT2D eigenvalue weighted by Gasteiger charge is -2.15. The van der Waals surface area contributed by atoms with Crippen molar-refractivity contribution in [2.75, 3.05) is 26.2 Å². The van der Waals surface area contributed by atoms with E-state index in [2.05, 4.69) is 22.3 Å². The highest BCUT2D eigenvalue weighted by atomic mass is 16.1. The van der Waals surface area contributed by atoms with Crippen LogP contribution >= 0.6 is 0 Å². The van der Waals surface area contributed by atoms with Crippen LogP contribution < -0.4 is 11.1 Å². The Morgan fingerprint density at radius 3 is 2.67 bits per heavy atom. The van der Waals surface area contributed by atoms with E-state index in [1.54, 1.807) is 0 Å². The molecule has 1 amide bonds. The van der Waals surface area contributed by atoms with Gasteiger partial charge in [-0.1, -0.05) is 30.3 Å². The van der Waals surface area contributed by atoms with Crippen LogP contribution in [0.25, 0.3) is 0 Å². The Kier molecular flexibility index (Phi) is 6.70. The SMILES string of the molecule is N[C@H](CCC(=O)NCCN1CCCC1)Cc1ccccc1. The number of hydrogen-bond donors (Lipinski definition) is 2. The quantitative estimate of drug-likeness (QED) is 0.763. The second-order valence-corrected chi connectivity index (χ2v) is 5.89. The van der Waals surface area contributed by atoms with Crippen molar-refractivity contribution in [3.63, 3.8) is 0 Å². The number of rotatable bonds is 8. The Bertz CT molecular complexity index is 415. The molecule has 1 aliphatic heterocycles. The number of likely N-dealkylation sites (tertiary alicyclic amines) is 1. The first-order chi connectivity index (χ1) is 10.2. The van der Waals surface area contributed by atoms with E-state index in [4.69, 9.17) is 5.73 Å². The van der Waals surface area contributed by atoms with Gasteiger partial charge in [0, 0.05) is 25.6 Å². The van der Waals surface area contributed by atoms with Gasteiger partial charge in [0.25, 0.3) is 0 Å². The molecule has 1 aromatic carbocycles. The molecule has 1 aliphatic rings. The molecule has 0 saturated carbocycles. The zero-order valence-corrected chi connectivity index (χ0v) is 12.8. The lowest BCUT2D eigenvalue weighted by molar-refractivity contribution is -0.121. The van der Waals surface area contributed by atoms with Gasteiger partial charge in [0.2, 0.25) is 5.91 Å². The molecule has 1 aromatic rings. The Hall–Kier alpha value is -1.39. The van der Waals surface area contributed by atoms with Crippen LogP contribution in [-0.4, -0.2) is 43.0 Å². The summed E-state index contributed by atoms with van der Waals surface area (Å²) in [6, 6.07) is 10.3. The highest BCUT2D eigenvalue weighted by Crippen LogP contribution is 2.07. The molecule has 0 aliphatic carbocycles. The maximum atomic E-state index is 11.8. The fourth-order valence-electron chi connectivity index (χ4n) is 2.78. The zero-order valence-electron chi connectivity index (χ0n) is 12.8. The molecular weight excluding hydrogens is 262 g/mol. The molecule has 1 atom stereocenters. The molecule has 4 nitrogen and oxygen atoms in total. The average molecular weight is 289 g/mol. The van der Waals surface area contributed by atoms with Crippen LogP contribution in [0, 0.1) is 0 Å². The third-order valence-corrected chi connectivity index (χ3v) is 4.03. The number of amides is 1. The first-order valence-corrected chi connectivity index (χ1v) is 8.02. The summed E-state index contributed by atoms with van der Waals surface area (Å²) >= 11 is 0. The molecule has 0 spiro atoms. The third-order valence-electron chi connectivity index (χ3n) is 4.03. The Morgan fingerprint density at radius 1 is 1.24 bits per heavy atom. The fourth-order valence-corrected chi connectivity index (χ4v) is 2.78. The molecule has 1 fully saturated rings. The molecule has 1 heterocycles. The average Bonchev–Trinajstić information content (AvgIpc) is 2.99. The van der Waals surface area contributed by atoms with Crippen LogP contribution in [-0.2, 0) is 11.2 Å². The van der Waals surface area contributed by atoms with Crippen molar-refractivity contribution in [1.82, 2.24) is 10.2 Å². The van der Waals surface area contributed by atoms with E-state index in [1.807, 2.05) is 18.2 Å². The molecule has 0 unspecified atom stereocenters. The standard InChI is InChI=1S/C17H27N3O/c18-16(14-15-6-2-1-3-7-15)8-9-17(21)19-10-13-20-11-4-5-12-20/h1-3,6-7,16H,4-5,8-14,18H2,(H,19,21)/t16-/m1/s1. The maximum absolute atomic E-state index is 11.8. The molecule has 116 valence electrons. The first kappa shape index (κ1) is 16.0. The molecule has 0 bridgehead atoms. The van der Waals surface area contributed by atoms with Crippen molar-refractivity contribution in [1.29, 1.82) is 0 Å². The Balaban J connectivity index is 1.55. The summed E-state index contributed by atoms with van der Waals surface area (Å²) < 4.78 is 0. The molecule has 0 radical (unpaired) electrons. The van der Waals surface area contributed by atoms with Gasteiger partial charge in [-0.2, -0.15) is 0 Å². The summed E-state index contributed by atoms with van der Waals surface area (Å²) in [6.07, 6.45) is 4.69. The van der Waals surface area contributed by atoms with Gasteiger partial charge in [0.1, 0.15) is 0 Å². The van der Waals surface area contributed by atoms with Crippen LogP contribution in [0.4, 0.5) is 0 Å². The van der Waals surface area contributed by atoms with Crippen molar-refractivity contribution in [3.05, 3.63) is 35.9 Å². The summed E-state index contributed by atoms with van der Waals surface area (Å²) in [4.78, 5) is 14.2. The predicted octanol–water partition coefficient (Wildman–Crippen LogP) is 1.55. The number of nitrogens with two attached hydrogens (primary N) is 1. The number of nitrogens with zero attached hydrogens (tertiary/aromatic N) is 1. The number of carbonyl (C=O) groups excluding carboxylic acids is 1. The number of carbonyl (C=O) groups is 1. The van der Waals surface area contributed by atoms with Crippen LogP contribution in [0.3, 0.4) is 0 Å². The van der Waals surface area contributed by atoms with Crippen molar-refractivity contribution in [2.24, 2.45) is 5.73 Å². The van der Waals surface area contributed by atoms with Crippen molar-refractivity contribution in [3.8, 4) is 0 Å². The second-order valence-electron chi connectivity index (χ2n) is 5.89. The van der Waals surface area contributed by atoms with E-state index < -0.39 is 0 Å². The lowest BCUT2D eigenvalue weighted by Crippen LogP contribution is -2.34. The van der Waals surface area contributed by atoms with Gasteiger partial charge in [-0.25, -0.2) is 0 Å². The molecule has 21 heavy (non-hydrogen) atoms. The van der Waals surface area contributed by atoms with E-state index in [0.717, 1.165) is 25.9 Å². The molecule has 0 aromatic heterocycles. The van der Waals surface area contributed by atoms with E-state index in [1.165, 1.54) is 31.5 Å². The number of benzene rings is 1. The maximum Gasteiger partial charge on any atom is 0.220 e. The highest BCUT2D eigenvalue weighted by Gasteiger charge is 2.11. The largest absolute Gasteiger partial charge is 0.355 e. The first-order valence-electron chi connectivity index (χ1n) is 8.02. The summed E-state index contributed by atoms with van der Waals surface area (Å²) in [5.41, 5.74) is 7.33. The van der Waals surface area contributed by atoms with Crippen molar-refractivity contribution >= 4 is 5.91 Å². The molecule has 1 saturated heterocycles. The summed E-state index contributed by atoms with van der Waals surface area (Å²) in [5.74, 6) is 0.123. The van der Waals surface area contributed by atoms with E-state index in [0.29, 0.717) is 6.42 Å². The summed E-state index contributed by atoms with van der Waals surface area (Å²) in [6.45, 7) is 4.09. The van der Waals surface area contributed by atoms with Crippen LogP contribution in [0.5, 0.6) is 0 Å². The smallest absolute Gasteiger partial charge is 0.220 e. The predicted molar refractivity (Wildman–Crippen MR) is 86.0 cm³/mol. The molecular formula is C17H27N3O. The lowest BCUT2D eigenvalue weighted by atomic mass is 10.0. The Morgan fingerprint density at radius 2 is 1.95 bits per heavy atom. The van der Waals surface area contributed by atoms with Crippen LogP contribution in [0.15, 0.2) is 30.3 Å². The molecule has 4 heteroatoms. The normalized spacial score (nSPS) is 16.8. The van der Waals surface area contributed by atoms with Crippen LogP contribution in [0.2, 0.25) is 0 Å². The van der Waals surface area contributed by atoms with Gasteiger partial charge < -0.3 is 16.0 Å². The van der Waals surface area contributed by atoms with Gasteiger partial charge in [-0.3, -0.25) is 4.79 Å². The molecule has 2 rings (SSSR count). The third kappa shape index (κ3) is 6.27. The highest BCUT2D eigenvalue weighted by molar-refractivity contribution is 5.75. The number of nitrogens with one attached hydrogen (secondary N) is 1. The van der Waals surface area contributed by atoms with E-state index >= 15 is 0 Å². The van der Waals surface area contributed by atoms with Crippen LogP contribution in [0.1, 0.15) is 31.2 Å². The van der Waals surface area contributed by atoms with Gasteiger partial charge in [-0.15, -0.1) is 0 Å². The van der Waals surface area contributed by atoms with Gasteiger partial charge in [0.05, 0.1) is 0 Å². The van der Waals surface area contributed by atoms with Gasteiger partial charge in [0.15, 0.2) is 0 Å². The minimum absolute atomic E-state index is 0.0525. The number of hydrogen-bond acceptors (Lipinski definition) is 3. The summed E-state index contributed by atoms with van der Waals surface area (Å²) in [7, 11) is 0. The minimum Gasteiger partial charge on any atom is -0.355 e. The monoisotopic (exact) mass is 289 g/mol. The van der Waals surface area contributed by atoms with Crippen molar-refractivity contribution in [2.45, 2.75) is 38.1 Å². The zero-order chi connectivity index (χ0) is 14.9. The summed E-state index contributed by atoms with van der Waals surface area (Å²) in [5, 5.41) is 2.99. The second kappa shape index (κ2) is 8.80. The fraction of sp³-hybridized carbons (Fsp3) is 0.588. The van der Waals surface area contributed by atoms with Gasteiger partial charge in [-0.05, 0) is 44.3 Å². The Labute approximate surface area is 127 Å². The van der Waals surface area contributed by atoms with E-state index in [9.17, 15) is 4.79 Å². The van der Waals surface area contributed by atoms with Crippen molar-refractivity contribution < 1.29 is 4.79 Å². The van der Waals surface area contributed by atoms with E-state index in [-0.39, 0.29) is 11.9 Å².